The summed E-state index contributed by atoms with van der Waals surface area (Å²) in [4.78, 5) is 124. The van der Waals surface area contributed by atoms with Gasteiger partial charge in [0.25, 0.3) is 17.4 Å². The summed E-state index contributed by atoms with van der Waals surface area (Å²) in [7, 11) is 1.72. The maximum Gasteiger partial charge on any atom is 0.407 e. The fraction of sp³-hybridized carbons (Fsp3) is 0.464. The molecule has 0 saturated carbocycles. The first-order valence-electron chi connectivity index (χ1n) is 26.3. The first kappa shape index (κ1) is 57.1. The molecular formula is C56H66FN9O13. The molecule has 3 aliphatic heterocycles. The molecule has 79 heavy (non-hydrogen) atoms. The Morgan fingerprint density at radius 3 is 2.37 bits per heavy atom. The number of esters is 1. The number of aryl methyl sites for hydroxylation is 1. The van der Waals surface area contributed by atoms with Crippen LogP contribution in [0.2, 0.25) is 0 Å². The number of anilines is 1. The van der Waals surface area contributed by atoms with Crippen LogP contribution in [-0.4, -0.2) is 105 Å². The lowest BCUT2D eigenvalue weighted by Crippen LogP contribution is -2.56. The number of aromatic nitrogens is 2. The molecule has 420 valence electrons. The van der Waals surface area contributed by atoms with Crippen LogP contribution < -0.4 is 37.5 Å². The molecule has 0 fully saturated rings. The average molecular weight is 1090 g/mol. The zero-order chi connectivity index (χ0) is 57.2. The zero-order valence-corrected chi connectivity index (χ0v) is 45.4. The van der Waals surface area contributed by atoms with Gasteiger partial charge in [0.1, 0.15) is 43.3 Å². The van der Waals surface area contributed by atoms with E-state index < -0.39 is 101 Å². The average Bonchev–Trinajstić information content (AvgIpc) is 4.00. The number of nitrogens with zero attached hydrogens (tertiary/aromatic N) is 3. The number of alkyl carbamates (subject to hydrolysis) is 2. The van der Waals surface area contributed by atoms with Crippen molar-refractivity contribution in [3.63, 3.8) is 0 Å². The van der Waals surface area contributed by atoms with Gasteiger partial charge >= 0.3 is 18.2 Å². The third-order valence-electron chi connectivity index (χ3n) is 14.6. The van der Waals surface area contributed by atoms with Crippen LogP contribution in [0.1, 0.15) is 124 Å². The summed E-state index contributed by atoms with van der Waals surface area (Å²) in [6, 6.07) is 4.93. The minimum atomic E-state index is -2.06. The number of halogens is 1. The molecule has 7 N–H and O–H groups in total. The van der Waals surface area contributed by atoms with Crippen molar-refractivity contribution in [2.75, 3.05) is 25.5 Å². The van der Waals surface area contributed by atoms with Gasteiger partial charge in [-0.2, -0.15) is 0 Å². The van der Waals surface area contributed by atoms with Crippen LogP contribution >= 0.6 is 0 Å². The van der Waals surface area contributed by atoms with Gasteiger partial charge in [-0.15, -0.1) is 0 Å². The van der Waals surface area contributed by atoms with Crippen molar-refractivity contribution in [2.45, 2.75) is 143 Å². The summed E-state index contributed by atoms with van der Waals surface area (Å²) in [5.74, 6) is -5.18. The predicted octanol–water partition coefficient (Wildman–Crippen LogP) is 4.34. The van der Waals surface area contributed by atoms with Crippen LogP contribution in [0.4, 0.5) is 19.7 Å². The van der Waals surface area contributed by atoms with Crippen LogP contribution in [0, 0.1) is 18.7 Å². The number of carbonyl (C=O) groups is 8. The van der Waals surface area contributed by atoms with Crippen molar-refractivity contribution in [1.29, 1.82) is 0 Å². The lowest BCUT2D eigenvalue weighted by molar-refractivity contribution is -0.172. The van der Waals surface area contributed by atoms with Crippen molar-refractivity contribution < 1.29 is 62.1 Å². The second kappa shape index (κ2) is 23.1. The second-order valence-corrected chi connectivity index (χ2v) is 21.5. The van der Waals surface area contributed by atoms with Crippen LogP contribution in [0.3, 0.4) is 0 Å². The number of cyclic esters (lactones) is 1. The van der Waals surface area contributed by atoms with Gasteiger partial charge in [-0.3, -0.25) is 33.7 Å². The Hall–Kier alpha value is -8.05. The molecule has 0 bridgehead atoms. The minimum absolute atomic E-state index is 0.0486. The highest BCUT2D eigenvalue weighted by atomic mass is 19.1. The number of hydrogen-bond acceptors (Lipinski definition) is 15. The fourth-order valence-electron chi connectivity index (χ4n) is 10.4. The van der Waals surface area contributed by atoms with Gasteiger partial charge in [-0.05, 0) is 125 Å². The Balaban J connectivity index is 0.978. The normalized spacial score (nSPS) is 17.8. The van der Waals surface area contributed by atoms with Crippen LogP contribution in [0.25, 0.3) is 22.3 Å². The van der Waals surface area contributed by atoms with Gasteiger partial charge < -0.3 is 55.8 Å². The summed E-state index contributed by atoms with van der Waals surface area (Å²) >= 11 is 0. The topological polar surface area (TPSA) is 295 Å². The first-order valence-corrected chi connectivity index (χ1v) is 26.3. The van der Waals surface area contributed by atoms with Crippen molar-refractivity contribution >= 4 is 64.3 Å². The SMILES string of the molecule is CC[C@@]1(O)C(=O)OCc2c1cc1n(c2=O)Cc2c-1nc1cc(F)c(C)c3c1c2[C@@H](NC(=O)OCc1ccc(NC(=O)[C@H](CCCCNC(=O)OC(C)(C)C)NC(=O)[C@@H](NC(=O)CN2C(=O)C=CC2=O)C(C)C)cc1CNC)CC3. The Morgan fingerprint density at radius 1 is 0.949 bits per heavy atom. The molecule has 0 unspecified atom stereocenters. The molecule has 2 aromatic carbocycles. The quantitative estimate of drug-likeness (QED) is 0.0262. The van der Waals surface area contributed by atoms with E-state index in [9.17, 15) is 48.3 Å². The molecule has 4 aromatic rings. The number of rotatable bonds is 19. The molecule has 0 spiro atoms. The number of aliphatic hydroxyl groups is 1. The van der Waals surface area contributed by atoms with E-state index in [1.165, 1.54) is 10.6 Å². The lowest BCUT2D eigenvalue weighted by atomic mass is 9.81. The summed E-state index contributed by atoms with van der Waals surface area (Å²) < 4.78 is 33.4. The number of pyridine rings is 2. The largest absolute Gasteiger partial charge is 0.458 e. The summed E-state index contributed by atoms with van der Waals surface area (Å²) in [5.41, 5.74) is 2.09. The molecular weight excluding hydrogens is 1030 g/mol. The number of amides is 7. The number of unbranched alkanes of at least 4 members (excludes halogenated alkanes) is 1. The van der Waals surface area contributed by atoms with Gasteiger partial charge in [0.2, 0.25) is 17.7 Å². The standard InChI is InChI=1S/C56H66FN9O13/c1-9-56(76)36-21-41-48-34(24-65(41)51(72)35(36)27-77-52(56)73)46-38(16-15-33-29(4)37(57)22-40(61-48)45(33)46)63-54(75)78-26-30-13-14-32(20-31(30)23-58-8)60-49(70)39(12-10-11-19-59-53(74)79-55(5,6)7)62-50(71)47(28(2)3)64-42(67)25-66-43(68)17-18-44(66)69/h13-14,17-18,20-22,28,38-39,47,58,76H,9-12,15-16,19,23-27H2,1-8H3,(H,59,74)(H,60,70)(H,62,71)(H,63,75)(H,64,67)/t38-,39-,47-,56-/m0/s1. The minimum Gasteiger partial charge on any atom is -0.458 e. The van der Waals surface area contributed by atoms with E-state index in [-0.39, 0.29) is 56.8 Å². The first-order chi connectivity index (χ1) is 37.4. The summed E-state index contributed by atoms with van der Waals surface area (Å²) in [6.07, 6.45) is 2.31. The number of nitrogens with one attached hydrogen (secondary N) is 6. The van der Waals surface area contributed by atoms with Crippen molar-refractivity contribution in [1.82, 2.24) is 41.0 Å². The Labute approximate surface area is 454 Å². The van der Waals surface area contributed by atoms with Crippen molar-refractivity contribution in [2.24, 2.45) is 5.92 Å². The van der Waals surface area contributed by atoms with Crippen LogP contribution in [0.5, 0.6) is 0 Å². The molecule has 8 rings (SSSR count). The van der Waals surface area contributed by atoms with Crippen LogP contribution in [-0.2, 0) is 81.3 Å². The molecule has 2 aromatic heterocycles. The Morgan fingerprint density at radius 2 is 1.68 bits per heavy atom. The summed E-state index contributed by atoms with van der Waals surface area (Å²) in [6.45, 7) is 11.3. The third kappa shape index (κ3) is 12.0. The lowest BCUT2D eigenvalue weighted by Gasteiger charge is -2.31. The molecule has 4 atom stereocenters. The summed E-state index contributed by atoms with van der Waals surface area (Å²) in [5, 5.41) is 29.1. The van der Waals surface area contributed by atoms with Crippen molar-refractivity contribution in [3.05, 3.63) is 103 Å². The highest BCUT2D eigenvalue weighted by Crippen LogP contribution is 2.46. The number of benzene rings is 2. The highest BCUT2D eigenvalue weighted by molar-refractivity contribution is 6.14. The molecule has 0 saturated heterocycles. The highest BCUT2D eigenvalue weighted by Gasteiger charge is 2.46. The molecule has 7 amide bonds. The number of hydrogen-bond donors (Lipinski definition) is 7. The van der Waals surface area contributed by atoms with Gasteiger partial charge in [0.15, 0.2) is 5.60 Å². The van der Waals surface area contributed by atoms with E-state index in [0.29, 0.717) is 81.5 Å². The predicted molar refractivity (Wildman–Crippen MR) is 284 cm³/mol. The number of ether oxygens (including phenoxy) is 3. The Kier molecular flexibility index (Phi) is 16.7. The van der Waals surface area contributed by atoms with E-state index in [1.807, 2.05) is 0 Å². The zero-order valence-electron chi connectivity index (χ0n) is 45.4. The second-order valence-electron chi connectivity index (χ2n) is 21.5. The van der Waals surface area contributed by atoms with E-state index in [2.05, 4.69) is 31.9 Å². The maximum absolute atomic E-state index is 15.5. The van der Waals surface area contributed by atoms with Gasteiger partial charge in [0, 0.05) is 53.5 Å². The van der Waals surface area contributed by atoms with Crippen LogP contribution in [0.15, 0.2) is 47.3 Å². The van der Waals surface area contributed by atoms with Gasteiger partial charge in [-0.1, -0.05) is 26.8 Å². The van der Waals surface area contributed by atoms with Gasteiger partial charge in [0.05, 0.1) is 35.1 Å². The number of carbonyl (C=O) groups excluding carboxylic acids is 8. The molecule has 1 aliphatic carbocycles. The molecule has 23 heteroatoms. The number of fused-ring (bicyclic) bond motifs is 5. The Bertz CT molecular complexity index is 3260. The molecule has 0 radical (unpaired) electrons. The molecule has 22 nitrogen and oxygen atoms in total. The fourth-order valence-corrected chi connectivity index (χ4v) is 10.4. The monoisotopic (exact) mass is 1090 g/mol. The van der Waals surface area contributed by atoms with Crippen molar-refractivity contribution in [3.8, 4) is 11.4 Å². The van der Waals surface area contributed by atoms with E-state index in [1.54, 1.807) is 79.8 Å². The number of imide groups is 1. The molecule has 4 aliphatic rings. The smallest absolute Gasteiger partial charge is 0.407 e. The molecule has 5 heterocycles. The van der Waals surface area contributed by atoms with Gasteiger partial charge in [-0.25, -0.2) is 23.8 Å². The van der Waals surface area contributed by atoms with E-state index in [0.717, 1.165) is 22.6 Å². The maximum atomic E-state index is 15.5. The van der Waals surface area contributed by atoms with E-state index in [4.69, 9.17) is 19.2 Å². The van der Waals surface area contributed by atoms with E-state index >= 15 is 4.39 Å². The third-order valence-corrected chi connectivity index (χ3v) is 14.6.